The molecule has 0 aliphatic heterocycles. The van der Waals surface area contributed by atoms with Gasteiger partial charge in [0.05, 0.1) is 0 Å². The summed E-state index contributed by atoms with van der Waals surface area (Å²) in [4.78, 5) is 4.05. The first-order valence-electron chi connectivity index (χ1n) is 5.14. The molecule has 1 aromatic carbocycles. The lowest BCUT2D eigenvalue weighted by Crippen LogP contribution is -2.17. The highest BCUT2D eigenvalue weighted by molar-refractivity contribution is 6.31. The van der Waals surface area contributed by atoms with E-state index >= 15 is 0 Å². The van der Waals surface area contributed by atoms with Crippen LogP contribution < -0.4 is 5.32 Å². The Balaban J connectivity index is 1.74. The van der Waals surface area contributed by atoms with Gasteiger partial charge in [0, 0.05) is 24.5 Å². The van der Waals surface area contributed by atoms with Gasteiger partial charge < -0.3 is 5.32 Å². The average Bonchev–Trinajstić information content (AvgIpc) is 2.79. The second-order valence-electron chi connectivity index (χ2n) is 3.45. The molecule has 0 fully saturated rings. The lowest BCUT2D eigenvalue weighted by Gasteiger charge is -2.05. The highest BCUT2D eigenvalue weighted by Crippen LogP contribution is 2.13. The lowest BCUT2D eigenvalue weighted by molar-refractivity contribution is 0.672. The van der Waals surface area contributed by atoms with Crippen molar-refractivity contribution < 1.29 is 0 Å². The van der Waals surface area contributed by atoms with E-state index in [1.54, 1.807) is 0 Å². The third-order valence-electron chi connectivity index (χ3n) is 2.28. The number of nitrogens with zero attached hydrogens (tertiary/aromatic N) is 2. The van der Waals surface area contributed by atoms with Crippen molar-refractivity contribution in [3.8, 4) is 0 Å². The van der Waals surface area contributed by atoms with Gasteiger partial charge in [0.25, 0.3) is 0 Å². The number of rotatable bonds is 5. The Morgan fingerprint density at radius 1 is 1.31 bits per heavy atom. The van der Waals surface area contributed by atoms with E-state index < -0.39 is 0 Å². The first-order chi connectivity index (χ1) is 7.86. The molecule has 1 aromatic heterocycles. The Hall–Kier alpha value is -1.39. The van der Waals surface area contributed by atoms with E-state index in [4.69, 9.17) is 11.6 Å². The first kappa shape index (κ1) is 11.1. The van der Waals surface area contributed by atoms with Gasteiger partial charge in [-0.25, -0.2) is 4.98 Å². The number of H-pyrrole nitrogens is 1. The molecule has 0 radical (unpaired) electrons. The Morgan fingerprint density at radius 3 is 2.94 bits per heavy atom. The van der Waals surface area contributed by atoms with Crippen LogP contribution in [0.25, 0.3) is 0 Å². The van der Waals surface area contributed by atoms with Crippen LogP contribution in [0.3, 0.4) is 0 Å². The van der Waals surface area contributed by atoms with Crippen molar-refractivity contribution in [2.45, 2.75) is 13.0 Å². The van der Waals surface area contributed by atoms with Gasteiger partial charge >= 0.3 is 0 Å². The Bertz CT molecular complexity index is 427. The van der Waals surface area contributed by atoms with Crippen molar-refractivity contribution in [3.63, 3.8) is 0 Å². The summed E-state index contributed by atoms with van der Waals surface area (Å²) in [7, 11) is 0. The largest absolute Gasteiger partial charge is 0.312 e. The number of hydrogen-bond donors (Lipinski definition) is 2. The molecule has 0 bridgehead atoms. The van der Waals surface area contributed by atoms with E-state index in [0.717, 1.165) is 35.9 Å². The van der Waals surface area contributed by atoms with Crippen LogP contribution in [0.1, 0.15) is 11.4 Å². The zero-order chi connectivity index (χ0) is 11.2. The summed E-state index contributed by atoms with van der Waals surface area (Å²) in [6.07, 6.45) is 2.36. The fraction of sp³-hybridized carbons (Fsp3) is 0.273. The minimum absolute atomic E-state index is 0.772. The van der Waals surface area contributed by atoms with Crippen molar-refractivity contribution in [1.82, 2.24) is 20.5 Å². The molecule has 84 valence electrons. The number of aromatic amines is 1. The molecule has 0 spiro atoms. The van der Waals surface area contributed by atoms with Crippen molar-refractivity contribution >= 4 is 11.6 Å². The van der Waals surface area contributed by atoms with Crippen molar-refractivity contribution in [2.75, 3.05) is 6.54 Å². The van der Waals surface area contributed by atoms with E-state index in [9.17, 15) is 0 Å². The standard InChI is InChI=1S/C11H13ClN4/c12-10-4-2-1-3-9(10)7-13-6-5-11-14-8-15-16-11/h1-4,8,13H,5-7H2,(H,14,15,16). The second-order valence-corrected chi connectivity index (χ2v) is 3.86. The monoisotopic (exact) mass is 236 g/mol. The van der Waals surface area contributed by atoms with Crippen LogP contribution in [0, 0.1) is 0 Å². The van der Waals surface area contributed by atoms with E-state index in [1.807, 2.05) is 24.3 Å². The fourth-order valence-electron chi connectivity index (χ4n) is 1.42. The maximum atomic E-state index is 6.03. The molecule has 0 saturated heterocycles. The zero-order valence-corrected chi connectivity index (χ0v) is 9.54. The Kier molecular flexibility index (Phi) is 3.91. The fourth-order valence-corrected chi connectivity index (χ4v) is 1.63. The predicted octanol–water partition coefficient (Wildman–Crippen LogP) is 1.79. The molecule has 4 nitrogen and oxygen atoms in total. The Labute approximate surface area is 99.1 Å². The number of nitrogens with one attached hydrogen (secondary N) is 2. The predicted molar refractivity (Wildman–Crippen MR) is 63.2 cm³/mol. The normalized spacial score (nSPS) is 10.6. The van der Waals surface area contributed by atoms with Gasteiger partial charge in [-0.3, -0.25) is 5.10 Å². The first-order valence-corrected chi connectivity index (χ1v) is 5.52. The molecule has 2 rings (SSSR count). The van der Waals surface area contributed by atoms with Gasteiger partial charge in [-0.2, -0.15) is 5.10 Å². The molecule has 0 aliphatic rings. The second kappa shape index (κ2) is 5.63. The number of halogens is 1. The van der Waals surface area contributed by atoms with E-state index in [1.165, 1.54) is 6.33 Å². The number of benzene rings is 1. The molecule has 0 saturated carbocycles. The summed E-state index contributed by atoms with van der Waals surface area (Å²) in [5, 5.41) is 10.7. The molecule has 5 heteroatoms. The molecule has 0 unspecified atom stereocenters. The third kappa shape index (κ3) is 3.05. The molecule has 0 amide bonds. The summed E-state index contributed by atoms with van der Waals surface area (Å²) in [6, 6.07) is 7.83. The maximum Gasteiger partial charge on any atom is 0.137 e. The van der Waals surface area contributed by atoms with Gasteiger partial charge in [-0.1, -0.05) is 29.8 Å². The highest BCUT2D eigenvalue weighted by Gasteiger charge is 1.98. The smallest absolute Gasteiger partial charge is 0.137 e. The van der Waals surface area contributed by atoms with E-state index in [-0.39, 0.29) is 0 Å². The zero-order valence-electron chi connectivity index (χ0n) is 8.78. The minimum atomic E-state index is 0.772. The summed E-state index contributed by atoms with van der Waals surface area (Å²) < 4.78 is 0. The number of aromatic nitrogens is 3. The molecule has 1 heterocycles. The summed E-state index contributed by atoms with van der Waals surface area (Å²) in [5.41, 5.74) is 1.11. The van der Waals surface area contributed by atoms with Gasteiger partial charge in [0.2, 0.25) is 0 Å². The molecular formula is C11H13ClN4. The van der Waals surface area contributed by atoms with Crippen molar-refractivity contribution in [1.29, 1.82) is 0 Å². The Morgan fingerprint density at radius 2 is 2.19 bits per heavy atom. The van der Waals surface area contributed by atoms with Gasteiger partial charge in [0.15, 0.2) is 0 Å². The number of hydrogen-bond acceptors (Lipinski definition) is 3. The molecule has 0 aliphatic carbocycles. The van der Waals surface area contributed by atoms with E-state index in [2.05, 4.69) is 20.5 Å². The third-order valence-corrected chi connectivity index (χ3v) is 2.65. The van der Waals surface area contributed by atoms with Crippen LogP contribution in [-0.4, -0.2) is 21.7 Å². The molecule has 0 atom stereocenters. The molecule has 16 heavy (non-hydrogen) atoms. The average molecular weight is 237 g/mol. The molecule has 2 N–H and O–H groups in total. The van der Waals surface area contributed by atoms with Crippen LogP contribution in [0.15, 0.2) is 30.6 Å². The van der Waals surface area contributed by atoms with Gasteiger partial charge in [-0.15, -0.1) is 0 Å². The van der Waals surface area contributed by atoms with Crippen molar-refractivity contribution in [2.24, 2.45) is 0 Å². The summed E-state index contributed by atoms with van der Waals surface area (Å²) in [5.74, 6) is 0.895. The lowest BCUT2D eigenvalue weighted by atomic mass is 10.2. The minimum Gasteiger partial charge on any atom is -0.312 e. The summed E-state index contributed by atoms with van der Waals surface area (Å²) in [6.45, 7) is 1.62. The quantitative estimate of drug-likeness (QED) is 0.779. The topological polar surface area (TPSA) is 53.6 Å². The SMILES string of the molecule is Clc1ccccc1CNCCc1ncn[nH]1. The molecular weight excluding hydrogens is 224 g/mol. The van der Waals surface area contributed by atoms with Gasteiger partial charge in [-0.05, 0) is 11.6 Å². The van der Waals surface area contributed by atoms with Crippen LogP contribution in [-0.2, 0) is 13.0 Å². The van der Waals surface area contributed by atoms with E-state index in [0.29, 0.717) is 0 Å². The maximum absolute atomic E-state index is 6.03. The van der Waals surface area contributed by atoms with Crippen LogP contribution in [0.2, 0.25) is 5.02 Å². The molecule has 2 aromatic rings. The van der Waals surface area contributed by atoms with Crippen LogP contribution >= 0.6 is 11.6 Å². The van der Waals surface area contributed by atoms with Crippen molar-refractivity contribution in [3.05, 3.63) is 47.0 Å². The van der Waals surface area contributed by atoms with Crippen LogP contribution in [0.5, 0.6) is 0 Å². The van der Waals surface area contributed by atoms with Gasteiger partial charge in [0.1, 0.15) is 12.2 Å². The van der Waals surface area contributed by atoms with Crippen LogP contribution in [0.4, 0.5) is 0 Å². The summed E-state index contributed by atoms with van der Waals surface area (Å²) >= 11 is 6.03. The highest BCUT2D eigenvalue weighted by atomic mass is 35.5.